The highest BCUT2D eigenvalue weighted by Crippen LogP contribution is 2.26. The maximum Gasteiger partial charge on any atom is 0.339 e. The molecule has 0 aliphatic carbocycles. The quantitative estimate of drug-likeness (QED) is 0.173. The van der Waals surface area contributed by atoms with Crippen LogP contribution in [0.3, 0.4) is 0 Å². The lowest BCUT2D eigenvalue weighted by Crippen LogP contribution is -2.38. The standard InChI is InChI=1S/C16H34O4.C6H12O3/c1-9-10-11-12-13-16(8,19-17-14(2,3)4)20-18-15(5,6)7;1-5(7)8-9-6(2,3)4/h9-13H2,1-8H3;1-4H3. The van der Waals surface area contributed by atoms with Gasteiger partial charge in [0.15, 0.2) is 0 Å². The molecule has 29 heavy (non-hydrogen) atoms. The number of carbonyl (C=O) groups is 1. The molecule has 0 aromatic rings. The second-order valence-electron chi connectivity index (χ2n) is 10.3. The first kappa shape index (κ1) is 30.5. The van der Waals surface area contributed by atoms with Crippen LogP contribution in [0.4, 0.5) is 0 Å². The average Bonchev–Trinajstić information content (AvgIpc) is 2.52. The third-order valence-corrected chi connectivity index (χ3v) is 2.83. The summed E-state index contributed by atoms with van der Waals surface area (Å²) in [4.78, 5) is 40.9. The highest BCUT2D eigenvalue weighted by molar-refractivity contribution is 5.65. The van der Waals surface area contributed by atoms with Crippen LogP contribution in [-0.4, -0.2) is 28.6 Å². The topological polar surface area (TPSA) is 72.5 Å². The van der Waals surface area contributed by atoms with Gasteiger partial charge in [-0.05, 0) is 75.7 Å². The summed E-state index contributed by atoms with van der Waals surface area (Å²) >= 11 is 0. The summed E-state index contributed by atoms with van der Waals surface area (Å²) in [6.45, 7) is 22.4. The van der Waals surface area contributed by atoms with E-state index in [4.69, 9.17) is 19.6 Å². The normalized spacial score (nSPS) is 13.0. The lowest BCUT2D eigenvalue weighted by molar-refractivity contribution is -0.537. The molecule has 0 radical (unpaired) electrons. The molecule has 0 N–H and O–H groups in total. The Bertz CT molecular complexity index is 410. The fourth-order valence-electron chi connectivity index (χ4n) is 1.58. The Balaban J connectivity index is 0. The predicted molar refractivity (Wildman–Crippen MR) is 114 cm³/mol. The number of unbranched alkanes of at least 4 members (excludes halogenated alkanes) is 3. The molecule has 0 rings (SSSR count). The van der Waals surface area contributed by atoms with Gasteiger partial charge in [0.2, 0.25) is 5.79 Å². The van der Waals surface area contributed by atoms with Gasteiger partial charge in [0.25, 0.3) is 0 Å². The molecule has 0 aliphatic heterocycles. The molecule has 0 unspecified atom stereocenters. The highest BCUT2D eigenvalue weighted by atomic mass is 17.3. The van der Waals surface area contributed by atoms with E-state index >= 15 is 0 Å². The van der Waals surface area contributed by atoms with Gasteiger partial charge >= 0.3 is 5.97 Å². The molecule has 7 nitrogen and oxygen atoms in total. The fraction of sp³-hybridized carbons (Fsp3) is 0.955. The molecule has 0 spiro atoms. The van der Waals surface area contributed by atoms with Crippen LogP contribution >= 0.6 is 0 Å². The van der Waals surface area contributed by atoms with Crippen LogP contribution in [-0.2, 0) is 34.1 Å². The number of rotatable bonds is 10. The van der Waals surface area contributed by atoms with Crippen LogP contribution in [0.5, 0.6) is 0 Å². The third-order valence-electron chi connectivity index (χ3n) is 2.83. The van der Waals surface area contributed by atoms with E-state index in [1.54, 1.807) is 20.8 Å². The molecule has 0 saturated heterocycles. The Morgan fingerprint density at radius 1 is 0.621 bits per heavy atom. The van der Waals surface area contributed by atoms with Crippen LogP contribution in [0, 0.1) is 0 Å². The molecule has 0 bridgehead atoms. The van der Waals surface area contributed by atoms with E-state index in [9.17, 15) is 4.79 Å². The van der Waals surface area contributed by atoms with Crippen molar-refractivity contribution in [3.05, 3.63) is 0 Å². The predicted octanol–water partition coefficient (Wildman–Crippen LogP) is 6.45. The fourth-order valence-corrected chi connectivity index (χ4v) is 1.58. The number of hydrogen-bond donors (Lipinski definition) is 0. The molecule has 0 fully saturated rings. The van der Waals surface area contributed by atoms with Crippen LogP contribution in [0.2, 0.25) is 0 Å². The number of carbonyl (C=O) groups excluding carboxylic acids is 1. The SMILES string of the molecule is CC(=O)OOC(C)(C)C.CCCCCCC(C)(OOC(C)(C)C)OOC(C)(C)C. The molecule has 0 amide bonds. The molecule has 0 aromatic heterocycles. The second-order valence-corrected chi connectivity index (χ2v) is 10.3. The summed E-state index contributed by atoms with van der Waals surface area (Å²) < 4.78 is 0. The molecular weight excluding hydrogens is 376 g/mol. The Kier molecular flexibility index (Phi) is 14.2. The van der Waals surface area contributed by atoms with Crippen molar-refractivity contribution in [1.82, 2.24) is 0 Å². The van der Waals surface area contributed by atoms with Gasteiger partial charge in [-0.25, -0.2) is 14.6 Å². The van der Waals surface area contributed by atoms with Crippen molar-refractivity contribution in [2.24, 2.45) is 0 Å². The Labute approximate surface area is 178 Å². The Hall–Kier alpha value is -0.730. The molecule has 7 heteroatoms. The molecule has 176 valence electrons. The maximum absolute atomic E-state index is 10.1. The van der Waals surface area contributed by atoms with Crippen LogP contribution < -0.4 is 0 Å². The van der Waals surface area contributed by atoms with E-state index in [-0.39, 0.29) is 11.2 Å². The first-order valence-electron chi connectivity index (χ1n) is 10.5. The van der Waals surface area contributed by atoms with Crippen LogP contribution in [0.25, 0.3) is 0 Å². The van der Waals surface area contributed by atoms with Crippen molar-refractivity contribution in [1.29, 1.82) is 0 Å². The van der Waals surface area contributed by atoms with Crippen molar-refractivity contribution < 1.29 is 34.1 Å². The zero-order valence-electron chi connectivity index (χ0n) is 20.9. The van der Waals surface area contributed by atoms with Crippen molar-refractivity contribution in [3.8, 4) is 0 Å². The molecule has 0 atom stereocenters. The van der Waals surface area contributed by atoms with Gasteiger partial charge in [-0.3, -0.25) is 4.89 Å². The molecule has 0 saturated carbocycles. The monoisotopic (exact) mass is 422 g/mol. The molecule has 0 aliphatic rings. The maximum atomic E-state index is 10.1. The largest absolute Gasteiger partial charge is 0.339 e. The van der Waals surface area contributed by atoms with Crippen LogP contribution in [0.15, 0.2) is 0 Å². The second kappa shape index (κ2) is 13.5. The van der Waals surface area contributed by atoms with E-state index in [2.05, 4.69) is 16.7 Å². The van der Waals surface area contributed by atoms with Gasteiger partial charge in [0.05, 0.1) is 11.2 Å². The van der Waals surface area contributed by atoms with Gasteiger partial charge in [0.1, 0.15) is 5.60 Å². The molecule has 0 aromatic carbocycles. The van der Waals surface area contributed by atoms with E-state index in [1.165, 1.54) is 19.8 Å². The summed E-state index contributed by atoms with van der Waals surface area (Å²) in [5.74, 6) is -1.31. The minimum Gasteiger partial charge on any atom is -0.298 e. The van der Waals surface area contributed by atoms with Crippen molar-refractivity contribution >= 4 is 5.97 Å². The molecule has 0 heterocycles. The number of hydrogen-bond acceptors (Lipinski definition) is 7. The summed E-state index contributed by atoms with van der Waals surface area (Å²) in [5.41, 5.74) is -1.17. The summed E-state index contributed by atoms with van der Waals surface area (Å²) in [6, 6.07) is 0. The summed E-state index contributed by atoms with van der Waals surface area (Å²) in [6.07, 6.45) is 5.33. The average molecular weight is 423 g/mol. The van der Waals surface area contributed by atoms with Crippen LogP contribution in [0.1, 0.15) is 115 Å². The summed E-state index contributed by atoms with van der Waals surface area (Å²) in [7, 11) is 0. The van der Waals surface area contributed by atoms with Gasteiger partial charge in [-0.1, -0.05) is 26.2 Å². The minimum atomic E-state index is -0.881. The van der Waals surface area contributed by atoms with E-state index in [0.717, 1.165) is 19.3 Å². The first-order chi connectivity index (χ1) is 12.9. The zero-order chi connectivity index (χ0) is 23.4. The van der Waals surface area contributed by atoms with Gasteiger partial charge in [-0.15, -0.1) is 0 Å². The van der Waals surface area contributed by atoms with Crippen molar-refractivity contribution in [2.75, 3.05) is 0 Å². The third kappa shape index (κ3) is 25.2. The smallest absolute Gasteiger partial charge is 0.298 e. The Morgan fingerprint density at radius 2 is 1.03 bits per heavy atom. The first-order valence-corrected chi connectivity index (χ1v) is 10.5. The highest BCUT2D eigenvalue weighted by Gasteiger charge is 2.33. The molecular formula is C22H46O7. The Morgan fingerprint density at radius 3 is 1.31 bits per heavy atom. The van der Waals surface area contributed by atoms with Crippen molar-refractivity contribution in [3.63, 3.8) is 0 Å². The van der Waals surface area contributed by atoms with E-state index in [0.29, 0.717) is 0 Å². The van der Waals surface area contributed by atoms with Crippen molar-refractivity contribution in [2.45, 2.75) is 138 Å². The lowest BCUT2D eigenvalue weighted by Gasteiger charge is -2.32. The summed E-state index contributed by atoms with van der Waals surface area (Å²) in [5, 5.41) is 0. The van der Waals surface area contributed by atoms with E-state index in [1.807, 2.05) is 48.5 Å². The lowest BCUT2D eigenvalue weighted by atomic mass is 10.1. The minimum absolute atomic E-state index is 0.379. The van der Waals surface area contributed by atoms with E-state index < -0.39 is 17.4 Å². The zero-order valence-corrected chi connectivity index (χ0v) is 20.9. The van der Waals surface area contributed by atoms with Gasteiger partial charge < -0.3 is 0 Å². The van der Waals surface area contributed by atoms with Gasteiger partial charge in [-0.2, -0.15) is 14.7 Å². The van der Waals surface area contributed by atoms with Gasteiger partial charge in [0, 0.05) is 13.3 Å².